The van der Waals surface area contributed by atoms with Crippen LogP contribution < -0.4 is 5.32 Å². The van der Waals surface area contributed by atoms with Crippen molar-refractivity contribution in [3.05, 3.63) is 0 Å². The maximum atomic E-state index is 12.4. The monoisotopic (exact) mass is 350 g/mol. The highest BCUT2D eigenvalue weighted by Crippen LogP contribution is 2.26. The summed E-state index contributed by atoms with van der Waals surface area (Å²) >= 11 is 0. The molecule has 3 aliphatic rings. The van der Waals surface area contributed by atoms with Crippen LogP contribution in [0.1, 0.15) is 13.8 Å². The SMILES string of the molecule is CC(=O)C(C)N1C(CN2CCN(C)CC2)=NC2C1C(=O)NC(=O)N2C. The molecule has 3 amide bonds. The fourth-order valence-electron chi connectivity index (χ4n) is 3.53. The number of aliphatic imine (C=N–C) groups is 1. The summed E-state index contributed by atoms with van der Waals surface area (Å²) < 4.78 is 0. The minimum atomic E-state index is -0.649. The van der Waals surface area contributed by atoms with Gasteiger partial charge in [-0.2, -0.15) is 0 Å². The van der Waals surface area contributed by atoms with Crippen molar-refractivity contribution in [1.29, 1.82) is 0 Å². The molecule has 138 valence electrons. The number of amidine groups is 1. The highest BCUT2D eigenvalue weighted by atomic mass is 16.2. The van der Waals surface area contributed by atoms with E-state index in [4.69, 9.17) is 0 Å². The molecule has 3 unspecified atom stereocenters. The van der Waals surface area contributed by atoms with Crippen LogP contribution >= 0.6 is 0 Å². The smallest absolute Gasteiger partial charge is 0.325 e. The van der Waals surface area contributed by atoms with Crippen molar-refractivity contribution in [3.63, 3.8) is 0 Å². The van der Waals surface area contributed by atoms with Gasteiger partial charge in [0.25, 0.3) is 5.91 Å². The lowest BCUT2D eigenvalue weighted by molar-refractivity contribution is -0.129. The van der Waals surface area contributed by atoms with Gasteiger partial charge in [-0.15, -0.1) is 0 Å². The second kappa shape index (κ2) is 6.72. The number of hydrogen-bond acceptors (Lipinski definition) is 7. The Labute approximate surface area is 147 Å². The van der Waals surface area contributed by atoms with Crippen molar-refractivity contribution in [2.24, 2.45) is 4.99 Å². The second-order valence-corrected chi connectivity index (χ2v) is 7.08. The standard InChI is InChI=1S/C16H26N6O3/c1-10(11(2)23)22-12(9-21-7-5-19(3)6-8-21)17-14-13(22)15(24)18-16(25)20(14)4/h10,13-14H,5-9H2,1-4H3,(H,18,24,25). The number of likely N-dealkylation sites (N-methyl/N-ethyl adjacent to an activating group) is 2. The molecule has 0 spiro atoms. The largest absolute Gasteiger partial charge is 0.334 e. The fraction of sp³-hybridized carbons (Fsp3) is 0.750. The van der Waals surface area contributed by atoms with Crippen LogP contribution in [0.5, 0.6) is 0 Å². The van der Waals surface area contributed by atoms with Gasteiger partial charge in [-0.25, -0.2) is 9.79 Å². The zero-order valence-corrected chi connectivity index (χ0v) is 15.2. The summed E-state index contributed by atoms with van der Waals surface area (Å²) in [5.74, 6) is 0.288. The summed E-state index contributed by atoms with van der Waals surface area (Å²) in [5.41, 5.74) is 0. The van der Waals surface area contributed by atoms with Crippen molar-refractivity contribution in [3.8, 4) is 0 Å². The number of nitrogens with one attached hydrogen (secondary N) is 1. The molecule has 0 aromatic rings. The van der Waals surface area contributed by atoms with Crippen molar-refractivity contribution in [2.45, 2.75) is 32.1 Å². The van der Waals surface area contributed by atoms with Crippen LogP contribution in [0.25, 0.3) is 0 Å². The Balaban J connectivity index is 1.86. The van der Waals surface area contributed by atoms with Crippen LogP contribution in [0, 0.1) is 0 Å². The topological polar surface area (TPSA) is 88.6 Å². The molecule has 3 aliphatic heterocycles. The maximum absolute atomic E-state index is 12.4. The first-order valence-corrected chi connectivity index (χ1v) is 8.63. The number of carbonyl (C=O) groups is 3. The van der Waals surface area contributed by atoms with E-state index in [9.17, 15) is 14.4 Å². The molecule has 3 rings (SSSR count). The molecule has 3 atom stereocenters. The number of nitrogens with zero attached hydrogens (tertiary/aromatic N) is 5. The Kier molecular flexibility index (Phi) is 4.79. The Morgan fingerprint density at radius 1 is 1.24 bits per heavy atom. The number of urea groups is 1. The summed E-state index contributed by atoms with van der Waals surface area (Å²) in [5, 5.41) is 2.36. The van der Waals surface area contributed by atoms with Gasteiger partial charge in [0, 0.05) is 33.2 Å². The molecule has 2 saturated heterocycles. The first kappa shape index (κ1) is 17.8. The predicted octanol–water partition coefficient (Wildman–Crippen LogP) is -1.20. The minimum Gasteiger partial charge on any atom is -0.334 e. The van der Waals surface area contributed by atoms with Crippen LogP contribution in [0.3, 0.4) is 0 Å². The normalized spacial score (nSPS) is 29.4. The molecule has 0 aromatic heterocycles. The average molecular weight is 350 g/mol. The first-order chi connectivity index (χ1) is 11.8. The van der Waals surface area contributed by atoms with E-state index in [1.807, 2.05) is 0 Å². The number of piperazine rings is 1. The molecule has 2 fully saturated rings. The lowest BCUT2D eigenvalue weighted by atomic mass is 10.1. The molecule has 1 N–H and O–H groups in total. The lowest BCUT2D eigenvalue weighted by Gasteiger charge is -2.39. The Bertz CT molecular complexity index is 613. The van der Waals surface area contributed by atoms with Gasteiger partial charge in [0.2, 0.25) is 0 Å². The first-order valence-electron chi connectivity index (χ1n) is 8.63. The minimum absolute atomic E-state index is 0.0286. The highest BCUT2D eigenvalue weighted by Gasteiger charge is 2.50. The third-order valence-electron chi connectivity index (χ3n) is 5.34. The third-order valence-corrected chi connectivity index (χ3v) is 5.34. The number of Topliss-reactive ketones (excluding diaryl/α,β-unsaturated/α-hetero) is 1. The van der Waals surface area contributed by atoms with Gasteiger partial charge >= 0.3 is 6.03 Å². The zero-order valence-electron chi connectivity index (χ0n) is 15.2. The Morgan fingerprint density at radius 2 is 1.88 bits per heavy atom. The molecular weight excluding hydrogens is 324 g/mol. The number of rotatable bonds is 4. The molecule has 25 heavy (non-hydrogen) atoms. The van der Waals surface area contributed by atoms with Crippen LogP contribution in [-0.4, -0.2) is 108 Å². The van der Waals surface area contributed by atoms with Crippen LogP contribution in [-0.2, 0) is 9.59 Å². The quantitative estimate of drug-likeness (QED) is 0.685. The molecule has 0 saturated carbocycles. The maximum Gasteiger partial charge on any atom is 0.325 e. The van der Waals surface area contributed by atoms with Gasteiger partial charge in [-0.3, -0.25) is 19.8 Å². The molecular formula is C16H26N6O3. The number of carbonyl (C=O) groups excluding carboxylic acids is 3. The van der Waals surface area contributed by atoms with Crippen molar-refractivity contribution in [2.75, 3.05) is 46.8 Å². The van der Waals surface area contributed by atoms with Crippen molar-refractivity contribution >= 4 is 23.6 Å². The van der Waals surface area contributed by atoms with Gasteiger partial charge in [0.1, 0.15) is 5.84 Å². The Hall–Kier alpha value is -2.00. The van der Waals surface area contributed by atoms with Gasteiger partial charge in [0.15, 0.2) is 18.0 Å². The van der Waals surface area contributed by atoms with Crippen LogP contribution in [0.4, 0.5) is 4.79 Å². The zero-order chi connectivity index (χ0) is 18.3. The van der Waals surface area contributed by atoms with E-state index in [1.165, 1.54) is 11.8 Å². The lowest BCUT2D eigenvalue weighted by Crippen LogP contribution is -2.65. The van der Waals surface area contributed by atoms with E-state index in [-0.39, 0.29) is 5.78 Å². The summed E-state index contributed by atoms with van der Waals surface area (Å²) in [6.45, 7) is 7.65. The Morgan fingerprint density at radius 3 is 2.48 bits per heavy atom. The van der Waals surface area contributed by atoms with E-state index < -0.39 is 30.2 Å². The van der Waals surface area contributed by atoms with E-state index in [0.717, 1.165) is 26.2 Å². The molecule has 0 bridgehead atoms. The van der Waals surface area contributed by atoms with Crippen LogP contribution in [0.2, 0.25) is 0 Å². The van der Waals surface area contributed by atoms with Gasteiger partial charge in [-0.05, 0) is 20.9 Å². The van der Waals surface area contributed by atoms with Gasteiger partial charge < -0.3 is 14.7 Å². The van der Waals surface area contributed by atoms with E-state index in [2.05, 4.69) is 27.2 Å². The molecule has 0 radical (unpaired) electrons. The van der Waals surface area contributed by atoms with Crippen molar-refractivity contribution in [1.82, 2.24) is 24.9 Å². The van der Waals surface area contributed by atoms with Gasteiger partial charge in [-0.1, -0.05) is 0 Å². The van der Waals surface area contributed by atoms with Crippen LogP contribution in [0.15, 0.2) is 4.99 Å². The number of ketones is 1. The van der Waals surface area contributed by atoms with Gasteiger partial charge in [0.05, 0.1) is 12.6 Å². The molecule has 3 heterocycles. The van der Waals surface area contributed by atoms with E-state index in [1.54, 1.807) is 18.9 Å². The average Bonchev–Trinajstić information content (AvgIpc) is 2.93. The number of fused-ring (bicyclic) bond motifs is 1. The third kappa shape index (κ3) is 3.25. The van der Waals surface area contributed by atoms with Crippen molar-refractivity contribution < 1.29 is 14.4 Å². The highest BCUT2D eigenvalue weighted by molar-refractivity contribution is 6.05. The molecule has 0 aromatic carbocycles. The second-order valence-electron chi connectivity index (χ2n) is 7.08. The summed E-state index contributed by atoms with van der Waals surface area (Å²) in [6.07, 6.45) is -0.578. The van der Waals surface area contributed by atoms with E-state index >= 15 is 0 Å². The molecule has 9 heteroatoms. The fourth-order valence-corrected chi connectivity index (χ4v) is 3.53. The van der Waals surface area contributed by atoms with E-state index in [0.29, 0.717) is 12.4 Å². The number of amides is 3. The summed E-state index contributed by atoms with van der Waals surface area (Å²) in [6, 6.07) is -1.57. The molecule has 9 nitrogen and oxygen atoms in total. The predicted molar refractivity (Wildman–Crippen MR) is 92.2 cm³/mol. The summed E-state index contributed by atoms with van der Waals surface area (Å²) in [7, 11) is 3.71. The number of hydrogen-bond donors (Lipinski definition) is 1. The molecule has 0 aliphatic carbocycles. The number of imide groups is 1. The summed E-state index contributed by atoms with van der Waals surface area (Å²) in [4.78, 5) is 48.8.